The SMILES string of the molecule is CCC/C=C\C/C=C\CCCCCCCC(=O)OCC(COP(=O)(O)OCC(O)COP(=O)(O)OCC(O)COC(=O)CCCCCCCCCCCCCCCCCCCCC/C=C\C/C=C\C/C=C\C/C=C\CCCCC)OC(=O)CCCCCCCCCCCCCCC. The molecule has 0 bridgehead atoms. The van der Waals surface area contributed by atoms with Crippen LogP contribution in [0.25, 0.3) is 0 Å². The van der Waals surface area contributed by atoms with E-state index in [0.29, 0.717) is 19.3 Å². The van der Waals surface area contributed by atoms with E-state index in [1.165, 1.54) is 180 Å². The number of phosphoric ester groups is 2. The Kier molecular flexibility index (Phi) is 70.5. The van der Waals surface area contributed by atoms with Gasteiger partial charge in [0.15, 0.2) is 6.10 Å². The molecule has 16 nitrogen and oxygen atoms in total. The van der Waals surface area contributed by atoms with E-state index in [2.05, 4.69) is 93.7 Å². The van der Waals surface area contributed by atoms with Gasteiger partial charge in [-0.2, -0.15) is 0 Å². The molecule has 0 aliphatic carbocycles. The van der Waals surface area contributed by atoms with E-state index in [0.717, 1.165) is 116 Å². The van der Waals surface area contributed by atoms with Crippen molar-refractivity contribution in [3.63, 3.8) is 0 Å². The molecule has 0 aromatic rings. The summed E-state index contributed by atoms with van der Waals surface area (Å²) in [5, 5.41) is 20.6. The van der Waals surface area contributed by atoms with Gasteiger partial charge >= 0.3 is 33.6 Å². The average molecular weight is 1410 g/mol. The van der Waals surface area contributed by atoms with Crippen molar-refractivity contribution in [3.8, 4) is 0 Å². The number of unbranched alkanes of at least 4 members (excludes halogenated alkanes) is 40. The second-order valence-electron chi connectivity index (χ2n) is 26.5. The molecule has 0 radical (unpaired) electrons. The Morgan fingerprint density at radius 1 is 0.289 bits per heavy atom. The van der Waals surface area contributed by atoms with Crippen LogP contribution in [0.3, 0.4) is 0 Å². The quantitative estimate of drug-likeness (QED) is 0.0146. The van der Waals surface area contributed by atoms with Crippen LogP contribution >= 0.6 is 15.6 Å². The molecule has 0 aromatic heterocycles. The Morgan fingerprint density at radius 2 is 0.536 bits per heavy atom. The zero-order valence-electron chi connectivity index (χ0n) is 61.8. The van der Waals surface area contributed by atoms with Gasteiger partial charge in [0.25, 0.3) is 0 Å². The lowest BCUT2D eigenvalue weighted by atomic mass is 10.0. The molecule has 5 atom stereocenters. The molecule has 18 heteroatoms. The molecule has 0 fully saturated rings. The lowest BCUT2D eigenvalue weighted by Gasteiger charge is -2.21. The van der Waals surface area contributed by atoms with Crippen molar-refractivity contribution in [1.82, 2.24) is 0 Å². The third-order valence-corrected chi connectivity index (χ3v) is 18.8. The lowest BCUT2D eigenvalue weighted by Crippen LogP contribution is -2.30. The molecule has 5 unspecified atom stereocenters. The van der Waals surface area contributed by atoms with Gasteiger partial charge in [0.2, 0.25) is 0 Å². The predicted octanol–water partition coefficient (Wildman–Crippen LogP) is 22.7. The summed E-state index contributed by atoms with van der Waals surface area (Å²) in [5.41, 5.74) is 0. The van der Waals surface area contributed by atoms with Crippen molar-refractivity contribution in [1.29, 1.82) is 0 Å². The normalized spacial score (nSPS) is 14.4. The van der Waals surface area contributed by atoms with Gasteiger partial charge in [-0.1, -0.05) is 318 Å². The minimum atomic E-state index is -4.92. The number of rotatable bonds is 75. The molecule has 0 aromatic carbocycles. The van der Waals surface area contributed by atoms with Crippen molar-refractivity contribution < 1.29 is 75.8 Å². The van der Waals surface area contributed by atoms with Gasteiger partial charge in [0.1, 0.15) is 25.4 Å². The highest BCUT2D eigenvalue weighted by atomic mass is 31.2. The Labute approximate surface area is 592 Å². The molecule has 4 N–H and O–H groups in total. The standard InChI is InChI=1S/C79H144O16P2/c1-4-7-10-13-16-19-22-25-26-27-28-29-30-31-32-33-34-35-36-37-38-39-40-41-42-43-44-45-46-49-51-53-56-59-62-65-77(82)89-68-74(80)69-91-96(85,86)92-70-75(81)71-93-97(87,88)94-73-76(95-79(84)67-64-61-58-55-52-48-24-21-18-15-12-9-6-3)72-90-78(83)66-63-60-57-54-50-47-23-20-17-14-11-8-5-2/h11,14,16,19-20,23,25-26,28-29,31-32,74-76,80-81H,4-10,12-13,15,17-18,21-22,24,27,30,33-73H2,1-3H3,(H,85,86)(H,87,88)/b14-11-,19-16-,23-20-,26-25-,29-28-,32-31-. The molecule has 0 spiro atoms. The van der Waals surface area contributed by atoms with Crippen LogP contribution in [-0.4, -0.2) is 95.9 Å². The van der Waals surface area contributed by atoms with Crippen LogP contribution in [0.5, 0.6) is 0 Å². The van der Waals surface area contributed by atoms with Gasteiger partial charge in [0.05, 0.1) is 26.4 Å². The summed E-state index contributed by atoms with van der Waals surface area (Å²) >= 11 is 0. The van der Waals surface area contributed by atoms with Crippen molar-refractivity contribution in [3.05, 3.63) is 72.9 Å². The van der Waals surface area contributed by atoms with Gasteiger partial charge in [0, 0.05) is 19.3 Å². The van der Waals surface area contributed by atoms with E-state index in [1.54, 1.807) is 0 Å². The summed E-state index contributed by atoms with van der Waals surface area (Å²) in [4.78, 5) is 58.4. The largest absolute Gasteiger partial charge is 0.472 e. The molecule has 566 valence electrons. The minimum Gasteiger partial charge on any atom is -0.463 e. The van der Waals surface area contributed by atoms with Crippen molar-refractivity contribution in [2.24, 2.45) is 0 Å². The topological polar surface area (TPSA) is 231 Å². The lowest BCUT2D eigenvalue weighted by molar-refractivity contribution is -0.161. The molecular weight excluding hydrogens is 1270 g/mol. The zero-order chi connectivity index (χ0) is 70.9. The first-order chi connectivity index (χ1) is 47.2. The number of esters is 3. The van der Waals surface area contributed by atoms with E-state index in [9.17, 15) is 43.5 Å². The molecule has 0 aliphatic heterocycles. The van der Waals surface area contributed by atoms with Crippen LogP contribution in [0.2, 0.25) is 0 Å². The smallest absolute Gasteiger partial charge is 0.463 e. The Morgan fingerprint density at radius 3 is 0.876 bits per heavy atom. The highest BCUT2D eigenvalue weighted by Crippen LogP contribution is 2.45. The number of aliphatic hydroxyl groups is 2. The molecule has 0 aliphatic rings. The zero-order valence-corrected chi connectivity index (χ0v) is 63.5. The minimum absolute atomic E-state index is 0.107. The van der Waals surface area contributed by atoms with Crippen LogP contribution in [-0.2, 0) is 55.8 Å². The van der Waals surface area contributed by atoms with Crippen molar-refractivity contribution >= 4 is 33.6 Å². The molecule has 97 heavy (non-hydrogen) atoms. The van der Waals surface area contributed by atoms with E-state index in [-0.39, 0.29) is 19.3 Å². The highest BCUT2D eigenvalue weighted by Gasteiger charge is 2.29. The van der Waals surface area contributed by atoms with Crippen LogP contribution < -0.4 is 0 Å². The van der Waals surface area contributed by atoms with Gasteiger partial charge < -0.3 is 34.2 Å². The first-order valence-corrected chi connectivity index (χ1v) is 42.2. The van der Waals surface area contributed by atoms with Crippen molar-refractivity contribution in [2.75, 3.05) is 39.6 Å². The summed E-state index contributed by atoms with van der Waals surface area (Å²) in [5.74, 6) is -1.57. The first-order valence-electron chi connectivity index (χ1n) is 39.2. The first kappa shape index (κ1) is 94.0. The number of carbonyl (C=O) groups excluding carboxylic acids is 3. The fraction of sp³-hybridized carbons (Fsp3) is 0.810. The Hall–Kier alpha value is -3.01. The number of allylic oxidation sites excluding steroid dienone is 12. The van der Waals surface area contributed by atoms with Gasteiger partial charge in [-0.15, -0.1) is 0 Å². The number of hydrogen-bond acceptors (Lipinski definition) is 14. The number of phosphoric acid groups is 2. The van der Waals surface area contributed by atoms with E-state index in [1.807, 2.05) is 0 Å². The average Bonchev–Trinajstić information content (AvgIpc) is 1.79. The van der Waals surface area contributed by atoms with Crippen LogP contribution in [0.1, 0.15) is 355 Å². The Balaban J connectivity index is 4.27. The van der Waals surface area contributed by atoms with E-state index in [4.69, 9.17) is 32.3 Å². The molecule has 0 amide bonds. The van der Waals surface area contributed by atoms with Gasteiger partial charge in [-0.3, -0.25) is 32.5 Å². The van der Waals surface area contributed by atoms with Gasteiger partial charge in [-0.25, -0.2) is 9.13 Å². The maximum Gasteiger partial charge on any atom is 0.472 e. The summed E-state index contributed by atoms with van der Waals surface area (Å²) in [6.07, 6.45) is 79.9. The number of ether oxygens (including phenoxy) is 3. The Bertz CT molecular complexity index is 2060. The summed E-state index contributed by atoms with van der Waals surface area (Å²) in [6, 6.07) is 0. The monoisotopic (exact) mass is 1410 g/mol. The molecular formula is C79H144O16P2. The van der Waals surface area contributed by atoms with Crippen LogP contribution in [0.15, 0.2) is 72.9 Å². The second kappa shape index (κ2) is 72.8. The number of hydrogen-bond donors (Lipinski definition) is 4. The molecule has 0 rings (SSSR count). The van der Waals surface area contributed by atoms with Crippen molar-refractivity contribution in [2.45, 2.75) is 373 Å². The molecule has 0 saturated heterocycles. The molecule has 0 heterocycles. The maximum absolute atomic E-state index is 12.9. The summed E-state index contributed by atoms with van der Waals surface area (Å²) < 4.78 is 61.0. The van der Waals surface area contributed by atoms with E-state index >= 15 is 0 Å². The van der Waals surface area contributed by atoms with Crippen LogP contribution in [0, 0.1) is 0 Å². The fourth-order valence-electron chi connectivity index (χ4n) is 10.9. The predicted molar refractivity (Wildman–Crippen MR) is 399 cm³/mol. The van der Waals surface area contributed by atoms with Gasteiger partial charge in [-0.05, 0) is 89.9 Å². The third kappa shape index (κ3) is 74.0. The van der Waals surface area contributed by atoms with Crippen LogP contribution in [0.4, 0.5) is 0 Å². The third-order valence-electron chi connectivity index (χ3n) is 16.9. The summed E-state index contributed by atoms with van der Waals surface area (Å²) in [6.45, 7) is 2.61. The summed E-state index contributed by atoms with van der Waals surface area (Å²) in [7, 11) is -9.77. The second-order valence-corrected chi connectivity index (χ2v) is 29.4. The number of carbonyl (C=O) groups is 3. The fourth-order valence-corrected chi connectivity index (χ4v) is 12.5. The number of aliphatic hydroxyl groups excluding tert-OH is 2. The van der Waals surface area contributed by atoms with E-state index < -0.39 is 91.5 Å². The maximum atomic E-state index is 12.9. The highest BCUT2D eigenvalue weighted by molar-refractivity contribution is 7.47. The molecule has 0 saturated carbocycles.